The Hall–Kier alpha value is -1.67. The summed E-state index contributed by atoms with van der Waals surface area (Å²) in [6, 6.07) is 13.0. The van der Waals surface area contributed by atoms with E-state index in [1.807, 2.05) is 43.3 Å². The van der Waals surface area contributed by atoms with Crippen LogP contribution in [0.2, 0.25) is 5.02 Å². The summed E-state index contributed by atoms with van der Waals surface area (Å²) in [4.78, 5) is 0. The van der Waals surface area contributed by atoms with Crippen molar-refractivity contribution in [2.24, 2.45) is 0 Å². The number of para-hydroxylation sites is 1. The van der Waals surface area contributed by atoms with Crippen LogP contribution in [0, 0.1) is 6.92 Å². The zero-order chi connectivity index (χ0) is 12.3. The topological polar surface area (TPSA) is 32.3 Å². The van der Waals surface area contributed by atoms with Crippen molar-refractivity contribution < 1.29 is 5.11 Å². The van der Waals surface area contributed by atoms with Gasteiger partial charge in [0.25, 0.3) is 0 Å². The van der Waals surface area contributed by atoms with Gasteiger partial charge in [0.15, 0.2) is 0 Å². The molecule has 0 fully saturated rings. The predicted octanol–water partition coefficient (Wildman–Crippen LogP) is 3.97. The van der Waals surface area contributed by atoms with Crippen LogP contribution < -0.4 is 5.32 Å². The fraction of sp³-hybridized carbons (Fsp3) is 0.143. The van der Waals surface area contributed by atoms with E-state index in [9.17, 15) is 5.11 Å². The molecule has 0 spiro atoms. The van der Waals surface area contributed by atoms with E-state index in [1.165, 1.54) is 0 Å². The average molecular weight is 248 g/mol. The Bertz CT molecular complexity index is 525. The molecule has 0 heterocycles. The monoisotopic (exact) mass is 247 g/mol. The Morgan fingerprint density at radius 3 is 2.65 bits per heavy atom. The van der Waals surface area contributed by atoms with E-state index in [0.717, 1.165) is 21.8 Å². The van der Waals surface area contributed by atoms with Crippen LogP contribution in [-0.4, -0.2) is 5.11 Å². The number of nitrogens with one attached hydrogen (secondary N) is 1. The number of hydrogen-bond donors (Lipinski definition) is 2. The summed E-state index contributed by atoms with van der Waals surface area (Å²) in [5, 5.41) is 13.7. The second-order valence-electron chi connectivity index (χ2n) is 3.89. The maximum Gasteiger partial charge on any atom is 0.120 e. The van der Waals surface area contributed by atoms with Crippen molar-refractivity contribution in [1.29, 1.82) is 0 Å². The Balaban J connectivity index is 2.13. The minimum absolute atomic E-state index is 0.305. The first-order valence-corrected chi connectivity index (χ1v) is 5.82. The lowest BCUT2D eigenvalue weighted by molar-refractivity contribution is 0.469. The van der Waals surface area contributed by atoms with Crippen molar-refractivity contribution >= 4 is 17.3 Å². The van der Waals surface area contributed by atoms with Gasteiger partial charge in [-0.25, -0.2) is 0 Å². The van der Waals surface area contributed by atoms with Crippen LogP contribution in [0.15, 0.2) is 42.5 Å². The van der Waals surface area contributed by atoms with Gasteiger partial charge in [-0.1, -0.05) is 35.9 Å². The summed E-state index contributed by atoms with van der Waals surface area (Å²) < 4.78 is 0. The Labute approximate surface area is 106 Å². The highest BCUT2D eigenvalue weighted by Gasteiger charge is 2.03. The summed E-state index contributed by atoms with van der Waals surface area (Å²) >= 11 is 6.04. The van der Waals surface area contributed by atoms with E-state index in [1.54, 1.807) is 6.07 Å². The molecule has 17 heavy (non-hydrogen) atoms. The molecule has 0 bridgehead atoms. The average Bonchev–Trinajstić information content (AvgIpc) is 2.33. The maximum atomic E-state index is 9.65. The van der Waals surface area contributed by atoms with Gasteiger partial charge in [0.2, 0.25) is 0 Å². The van der Waals surface area contributed by atoms with E-state index in [2.05, 4.69) is 5.32 Å². The van der Waals surface area contributed by atoms with E-state index >= 15 is 0 Å². The lowest BCUT2D eigenvalue weighted by atomic mass is 10.1. The third-order valence-electron chi connectivity index (χ3n) is 2.73. The van der Waals surface area contributed by atoms with E-state index in [-0.39, 0.29) is 0 Å². The molecule has 2 rings (SSSR count). The van der Waals surface area contributed by atoms with Crippen LogP contribution in [0.4, 0.5) is 5.69 Å². The number of rotatable bonds is 3. The van der Waals surface area contributed by atoms with Gasteiger partial charge in [-0.05, 0) is 30.7 Å². The quantitative estimate of drug-likeness (QED) is 0.860. The van der Waals surface area contributed by atoms with E-state index in [4.69, 9.17) is 11.6 Å². The predicted molar refractivity (Wildman–Crippen MR) is 71.6 cm³/mol. The first-order chi connectivity index (χ1) is 8.18. The van der Waals surface area contributed by atoms with Crippen LogP contribution >= 0.6 is 11.6 Å². The number of phenols is 1. The fourth-order valence-corrected chi connectivity index (χ4v) is 1.82. The van der Waals surface area contributed by atoms with Gasteiger partial charge < -0.3 is 10.4 Å². The number of phenolic OH excluding ortho intramolecular Hbond substituents is 1. The molecule has 0 amide bonds. The molecule has 0 atom stereocenters. The van der Waals surface area contributed by atoms with Gasteiger partial charge in [0.1, 0.15) is 5.75 Å². The first kappa shape index (κ1) is 11.8. The van der Waals surface area contributed by atoms with Crippen molar-refractivity contribution in [3.8, 4) is 5.75 Å². The highest BCUT2D eigenvalue weighted by molar-refractivity contribution is 6.31. The van der Waals surface area contributed by atoms with Crippen LogP contribution in [0.5, 0.6) is 5.75 Å². The molecule has 2 aromatic rings. The minimum atomic E-state index is 0.305. The number of hydrogen-bond acceptors (Lipinski definition) is 2. The van der Waals surface area contributed by atoms with Gasteiger partial charge in [-0.15, -0.1) is 0 Å². The maximum absolute atomic E-state index is 9.65. The van der Waals surface area contributed by atoms with Gasteiger partial charge in [-0.2, -0.15) is 0 Å². The van der Waals surface area contributed by atoms with Crippen molar-refractivity contribution in [1.82, 2.24) is 0 Å². The fourth-order valence-electron chi connectivity index (χ4n) is 1.65. The second kappa shape index (κ2) is 5.11. The van der Waals surface area contributed by atoms with Gasteiger partial charge in [0, 0.05) is 22.8 Å². The highest BCUT2D eigenvalue weighted by atomic mass is 35.5. The molecule has 0 radical (unpaired) electrons. The Morgan fingerprint density at radius 1 is 1.12 bits per heavy atom. The lowest BCUT2D eigenvalue weighted by Crippen LogP contribution is -2.01. The summed E-state index contributed by atoms with van der Waals surface area (Å²) in [6.07, 6.45) is 0. The zero-order valence-electron chi connectivity index (χ0n) is 9.57. The van der Waals surface area contributed by atoms with Crippen LogP contribution in [0.3, 0.4) is 0 Å². The van der Waals surface area contributed by atoms with E-state index in [0.29, 0.717) is 12.3 Å². The molecule has 2 N–H and O–H groups in total. The third-order valence-corrected chi connectivity index (χ3v) is 3.14. The summed E-state index contributed by atoms with van der Waals surface area (Å²) in [5.41, 5.74) is 2.87. The van der Waals surface area contributed by atoms with Crippen LogP contribution in [0.25, 0.3) is 0 Å². The number of benzene rings is 2. The lowest BCUT2D eigenvalue weighted by Gasteiger charge is -2.11. The zero-order valence-corrected chi connectivity index (χ0v) is 10.3. The largest absolute Gasteiger partial charge is 0.508 e. The Morgan fingerprint density at radius 2 is 1.88 bits per heavy atom. The SMILES string of the molecule is Cc1c(Cl)cccc1NCc1ccccc1O. The highest BCUT2D eigenvalue weighted by Crippen LogP contribution is 2.24. The standard InChI is InChI=1S/C14H14ClNO/c1-10-12(15)6-4-7-13(10)16-9-11-5-2-3-8-14(11)17/h2-8,16-17H,9H2,1H3. The number of anilines is 1. The molecule has 3 heteroatoms. The van der Waals surface area contributed by atoms with Gasteiger partial charge in [-0.3, -0.25) is 0 Å². The van der Waals surface area contributed by atoms with Crippen molar-refractivity contribution in [3.05, 3.63) is 58.6 Å². The molecular weight excluding hydrogens is 234 g/mol. The van der Waals surface area contributed by atoms with Crippen LogP contribution in [0.1, 0.15) is 11.1 Å². The van der Waals surface area contributed by atoms with Crippen molar-refractivity contribution in [2.75, 3.05) is 5.32 Å². The summed E-state index contributed by atoms with van der Waals surface area (Å²) in [7, 11) is 0. The molecule has 0 saturated heterocycles. The van der Waals surface area contributed by atoms with Crippen molar-refractivity contribution in [2.45, 2.75) is 13.5 Å². The molecule has 0 aliphatic carbocycles. The smallest absolute Gasteiger partial charge is 0.120 e. The molecule has 2 nitrogen and oxygen atoms in total. The molecular formula is C14H14ClNO. The van der Waals surface area contributed by atoms with Gasteiger partial charge in [0.05, 0.1) is 0 Å². The van der Waals surface area contributed by atoms with Gasteiger partial charge >= 0.3 is 0 Å². The molecule has 88 valence electrons. The molecule has 0 aliphatic rings. The van der Waals surface area contributed by atoms with Crippen molar-refractivity contribution in [3.63, 3.8) is 0 Å². The summed E-state index contributed by atoms with van der Waals surface area (Å²) in [5.74, 6) is 0.305. The molecule has 0 aliphatic heterocycles. The third kappa shape index (κ3) is 2.71. The molecule has 0 saturated carbocycles. The van der Waals surface area contributed by atoms with E-state index < -0.39 is 0 Å². The summed E-state index contributed by atoms with van der Waals surface area (Å²) in [6.45, 7) is 2.55. The molecule has 0 aromatic heterocycles. The second-order valence-corrected chi connectivity index (χ2v) is 4.30. The first-order valence-electron chi connectivity index (χ1n) is 5.44. The molecule has 0 unspecified atom stereocenters. The van der Waals surface area contributed by atoms with Crippen LogP contribution in [-0.2, 0) is 6.54 Å². The molecule has 2 aromatic carbocycles. The normalized spacial score (nSPS) is 10.2. The number of aromatic hydroxyl groups is 1. The minimum Gasteiger partial charge on any atom is -0.508 e. The Kier molecular flexibility index (Phi) is 3.55. The number of halogens is 1.